The highest BCUT2D eigenvalue weighted by atomic mass is 16.5. The molecule has 160 valence electrons. The third-order valence-electron chi connectivity index (χ3n) is 5.35. The van der Waals surface area contributed by atoms with Gasteiger partial charge in [0.2, 0.25) is 5.43 Å². The summed E-state index contributed by atoms with van der Waals surface area (Å²) in [5, 5.41) is 0. The van der Waals surface area contributed by atoms with E-state index in [0.29, 0.717) is 31.0 Å². The van der Waals surface area contributed by atoms with Crippen molar-refractivity contribution in [3.05, 3.63) is 87.3 Å². The number of amides is 1. The summed E-state index contributed by atoms with van der Waals surface area (Å²) < 4.78 is 16.3. The van der Waals surface area contributed by atoms with Gasteiger partial charge in [-0.1, -0.05) is 30.3 Å². The number of hydrogen-bond acceptors (Lipinski definition) is 5. The highest BCUT2D eigenvalue weighted by Gasteiger charge is 2.24. The zero-order valence-corrected chi connectivity index (χ0v) is 17.5. The molecule has 0 saturated heterocycles. The van der Waals surface area contributed by atoms with E-state index in [1.54, 1.807) is 19.1 Å². The summed E-state index contributed by atoms with van der Waals surface area (Å²) in [6, 6.07) is 14.7. The van der Waals surface area contributed by atoms with Gasteiger partial charge in [-0.15, -0.1) is 0 Å². The highest BCUT2D eigenvalue weighted by Crippen LogP contribution is 2.33. The molecule has 7 heteroatoms. The average molecular weight is 420 g/mol. The normalized spacial score (nSPS) is 12.8. The lowest BCUT2D eigenvalue weighted by Gasteiger charge is -2.29. The van der Waals surface area contributed by atoms with Gasteiger partial charge in [-0.2, -0.15) is 0 Å². The van der Waals surface area contributed by atoms with Gasteiger partial charge < -0.3 is 24.1 Å². The predicted molar refractivity (Wildman–Crippen MR) is 116 cm³/mol. The first-order chi connectivity index (χ1) is 15.1. The largest absolute Gasteiger partial charge is 0.493 e. The lowest BCUT2D eigenvalue weighted by molar-refractivity contribution is 0.0728. The summed E-state index contributed by atoms with van der Waals surface area (Å²) in [6.45, 7) is 1.27. The Balaban J connectivity index is 1.47. The first kappa shape index (κ1) is 20.5. The fraction of sp³-hybridized carbons (Fsp3) is 0.250. The number of H-pyrrole nitrogens is 1. The van der Waals surface area contributed by atoms with Gasteiger partial charge in [0, 0.05) is 25.4 Å². The number of ether oxygens (including phenoxy) is 3. The van der Waals surface area contributed by atoms with E-state index in [2.05, 4.69) is 4.98 Å². The molecule has 0 spiro atoms. The van der Waals surface area contributed by atoms with Crippen molar-refractivity contribution in [3.8, 4) is 17.2 Å². The molecule has 2 heterocycles. The molecule has 0 bridgehead atoms. The van der Waals surface area contributed by atoms with Crippen LogP contribution in [0.4, 0.5) is 0 Å². The van der Waals surface area contributed by atoms with Crippen LogP contribution in [0.5, 0.6) is 17.2 Å². The van der Waals surface area contributed by atoms with E-state index < -0.39 is 0 Å². The molecule has 0 atom stereocenters. The molecule has 1 N–H and O–H groups in total. The van der Waals surface area contributed by atoms with Crippen LogP contribution in [0.15, 0.2) is 59.5 Å². The van der Waals surface area contributed by atoms with E-state index in [9.17, 15) is 9.59 Å². The minimum absolute atomic E-state index is 0.182. The smallest absolute Gasteiger partial charge is 0.270 e. The lowest BCUT2D eigenvalue weighted by atomic mass is 9.98. The number of nitrogens with zero attached hydrogens (tertiary/aromatic N) is 1. The number of carbonyl (C=O) groups excluding carboxylic acids is 1. The van der Waals surface area contributed by atoms with Gasteiger partial charge in [-0.25, -0.2) is 0 Å². The van der Waals surface area contributed by atoms with Gasteiger partial charge in [0.15, 0.2) is 17.2 Å². The van der Waals surface area contributed by atoms with Gasteiger partial charge in [0.25, 0.3) is 5.91 Å². The Bertz CT molecular complexity index is 1140. The topological polar surface area (TPSA) is 80.9 Å². The maximum atomic E-state index is 13.0. The summed E-state index contributed by atoms with van der Waals surface area (Å²) in [5.74, 6) is 1.26. The molecular weight excluding hydrogens is 396 g/mol. The van der Waals surface area contributed by atoms with Crippen molar-refractivity contribution in [2.24, 2.45) is 0 Å². The van der Waals surface area contributed by atoms with Crippen LogP contribution in [0.2, 0.25) is 0 Å². The summed E-state index contributed by atoms with van der Waals surface area (Å²) >= 11 is 0. The molecule has 2 aromatic carbocycles. The van der Waals surface area contributed by atoms with Crippen LogP contribution in [-0.4, -0.2) is 36.6 Å². The van der Waals surface area contributed by atoms with Crippen LogP contribution in [0.1, 0.15) is 27.2 Å². The lowest BCUT2D eigenvalue weighted by Crippen LogP contribution is -2.36. The van der Waals surface area contributed by atoms with Crippen molar-refractivity contribution in [1.29, 1.82) is 0 Å². The van der Waals surface area contributed by atoms with E-state index >= 15 is 0 Å². The summed E-state index contributed by atoms with van der Waals surface area (Å²) in [4.78, 5) is 30.1. The summed E-state index contributed by atoms with van der Waals surface area (Å²) in [6.07, 6.45) is 2.15. The number of pyridine rings is 1. The minimum atomic E-state index is -0.332. The molecule has 0 aliphatic carbocycles. The minimum Gasteiger partial charge on any atom is -0.493 e. The number of hydrogen-bond donors (Lipinski definition) is 1. The number of benzene rings is 2. The number of aromatic amines is 1. The molecule has 7 nitrogen and oxygen atoms in total. The zero-order chi connectivity index (χ0) is 21.8. The number of rotatable bonds is 6. The van der Waals surface area contributed by atoms with Crippen LogP contribution in [0.3, 0.4) is 0 Å². The number of methoxy groups -OCH3 is 2. The van der Waals surface area contributed by atoms with Gasteiger partial charge in [0.05, 0.1) is 14.2 Å². The van der Waals surface area contributed by atoms with Crippen molar-refractivity contribution >= 4 is 5.91 Å². The second-order valence-electron chi connectivity index (χ2n) is 7.30. The Morgan fingerprint density at radius 1 is 1.00 bits per heavy atom. The molecule has 1 aromatic heterocycles. The second kappa shape index (κ2) is 8.95. The van der Waals surface area contributed by atoms with Crippen molar-refractivity contribution < 1.29 is 19.0 Å². The summed E-state index contributed by atoms with van der Waals surface area (Å²) in [7, 11) is 3.19. The van der Waals surface area contributed by atoms with Gasteiger partial charge >= 0.3 is 0 Å². The van der Waals surface area contributed by atoms with Crippen molar-refractivity contribution in [1.82, 2.24) is 9.88 Å². The fourth-order valence-electron chi connectivity index (χ4n) is 3.66. The van der Waals surface area contributed by atoms with Gasteiger partial charge in [-0.05, 0) is 35.2 Å². The van der Waals surface area contributed by atoms with Crippen LogP contribution in [0, 0.1) is 0 Å². The van der Waals surface area contributed by atoms with E-state index in [-0.39, 0.29) is 29.4 Å². The highest BCUT2D eigenvalue weighted by molar-refractivity contribution is 5.92. The SMILES string of the molecule is COc1cc2c(cc1OC)CN(C(=O)c1cc(=O)c(OCc3ccccc3)c[nH]1)CC2. The first-order valence-electron chi connectivity index (χ1n) is 10.0. The van der Waals surface area contributed by atoms with E-state index in [1.165, 1.54) is 12.3 Å². The third kappa shape index (κ3) is 4.40. The Morgan fingerprint density at radius 3 is 2.39 bits per heavy atom. The predicted octanol–water partition coefficient (Wildman–Crippen LogP) is 3.17. The first-order valence-corrected chi connectivity index (χ1v) is 10.0. The van der Waals surface area contributed by atoms with Crippen LogP contribution in [-0.2, 0) is 19.6 Å². The van der Waals surface area contributed by atoms with Crippen LogP contribution in [0.25, 0.3) is 0 Å². The average Bonchev–Trinajstić information content (AvgIpc) is 2.82. The molecule has 31 heavy (non-hydrogen) atoms. The van der Waals surface area contributed by atoms with Crippen molar-refractivity contribution in [2.75, 3.05) is 20.8 Å². The van der Waals surface area contributed by atoms with E-state index in [4.69, 9.17) is 14.2 Å². The van der Waals surface area contributed by atoms with Gasteiger partial charge in [-0.3, -0.25) is 9.59 Å². The quantitative estimate of drug-likeness (QED) is 0.663. The second-order valence-corrected chi connectivity index (χ2v) is 7.30. The van der Waals surface area contributed by atoms with Crippen LogP contribution < -0.4 is 19.6 Å². The number of aromatic nitrogens is 1. The maximum Gasteiger partial charge on any atom is 0.270 e. The monoisotopic (exact) mass is 420 g/mol. The molecule has 1 amide bonds. The summed E-state index contributed by atoms with van der Waals surface area (Å²) in [5.41, 5.74) is 2.99. The Labute approximate surface area is 180 Å². The molecule has 0 saturated carbocycles. The third-order valence-corrected chi connectivity index (χ3v) is 5.35. The fourth-order valence-corrected chi connectivity index (χ4v) is 3.66. The zero-order valence-electron chi connectivity index (χ0n) is 17.5. The van der Waals surface area contributed by atoms with Crippen LogP contribution >= 0.6 is 0 Å². The molecule has 1 aliphatic rings. The standard InChI is InChI=1S/C24H24N2O5/c1-29-21-10-17-8-9-26(14-18(17)11-22(21)30-2)24(28)19-12-20(27)23(13-25-19)31-15-16-6-4-3-5-7-16/h3-7,10-13H,8-9,14-15H2,1-2H3,(H,25,27). The molecular formula is C24H24N2O5. The van der Waals surface area contributed by atoms with Gasteiger partial charge in [0.1, 0.15) is 12.3 Å². The molecule has 1 aliphatic heterocycles. The molecule has 0 radical (unpaired) electrons. The van der Waals surface area contributed by atoms with E-state index in [0.717, 1.165) is 16.7 Å². The number of carbonyl (C=O) groups is 1. The number of fused-ring (bicyclic) bond motifs is 1. The van der Waals surface area contributed by atoms with Crippen molar-refractivity contribution in [3.63, 3.8) is 0 Å². The Kier molecular flexibility index (Phi) is 5.93. The Hall–Kier alpha value is -3.74. The molecule has 0 unspecified atom stereocenters. The molecule has 0 fully saturated rings. The number of nitrogens with one attached hydrogen (secondary N) is 1. The van der Waals surface area contributed by atoms with Crippen molar-refractivity contribution in [2.45, 2.75) is 19.6 Å². The Morgan fingerprint density at radius 2 is 1.71 bits per heavy atom. The molecule has 3 aromatic rings. The molecule has 4 rings (SSSR count). The van der Waals surface area contributed by atoms with E-state index in [1.807, 2.05) is 42.5 Å². The maximum absolute atomic E-state index is 13.0.